The van der Waals surface area contributed by atoms with Gasteiger partial charge in [0.25, 0.3) is 5.91 Å². The molecule has 120 valence electrons. The smallest absolute Gasteiger partial charge is 0.264 e. The number of hydrogen-bond acceptors (Lipinski definition) is 4. The molecule has 1 aliphatic heterocycles. The van der Waals surface area contributed by atoms with Crippen molar-refractivity contribution < 1.29 is 18.5 Å². The minimum absolute atomic E-state index is 0.0959. The van der Waals surface area contributed by atoms with Crippen LogP contribution >= 0.6 is 0 Å². The van der Waals surface area contributed by atoms with Crippen LogP contribution in [-0.4, -0.2) is 36.1 Å². The van der Waals surface area contributed by atoms with Gasteiger partial charge in [0, 0.05) is 12.3 Å². The van der Waals surface area contributed by atoms with Crippen LogP contribution in [-0.2, 0) is 15.6 Å². The number of nitrogens with zero attached hydrogens (tertiary/aromatic N) is 1. The lowest BCUT2D eigenvalue weighted by atomic mass is 10.2. The lowest BCUT2D eigenvalue weighted by molar-refractivity contribution is -0.120. The summed E-state index contributed by atoms with van der Waals surface area (Å²) in [5, 5.41) is 0. The Hall–Kier alpha value is -2.34. The van der Waals surface area contributed by atoms with Gasteiger partial charge in [-0.1, -0.05) is 24.3 Å². The molecule has 0 N–H and O–H groups in total. The number of anilines is 1. The number of carbonyl (C=O) groups is 1. The molecule has 0 fully saturated rings. The molecule has 1 unspecified atom stereocenters. The molecule has 23 heavy (non-hydrogen) atoms. The van der Waals surface area contributed by atoms with Gasteiger partial charge < -0.3 is 14.4 Å². The van der Waals surface area contributed by atoms with Gasteiger partial charge in [-0.3, -0.25) is 9.00 Å². The zero-order valence-corrected chi connectivity index (χ0v) is 13.5. The number of benzene rings is 2. The number of para-hydroxylation sites is 3. The van der Waals surface area contributed by atoms with Gasteiger partial charge in [0.05, 0.1) is 28.5 Å². The van der Waals surface area contributed by atoms with Crippen LogP contribution in [0.25, 0.3) is 0 Å². The molecule has 0 saturated heterocycles. The first-order valence-electron chi connectivity index (χ1n) is 7.24. The zero-order chi connectivity index (χ0) is 16.2. The molecule has 2 aromatic carbocycles. The van der Waals surface area contributed by atoms with Gasteiger partial charge in [-0.15, -0.1) is 0 Å². The molecule has 1 amide bonds. The molecule has 6 heteroatoms. The van der Waals surface area contributed by atoms with Crippen LogP contribution < -0.4 is 14.4 Å². The number of ether oxygens (including phenoxy) is 2. The summed E-state index contributed by atoms with van der Waals surface area (Å²) in [6.07, 6.45) is 0. The van der Waals surface area contributed by atoms with Crippen molar-refractivity contribution >= 4 is 22.4 Å². The first-order valence-corrected chi connectivity index (χ1v) is 8.56. The van der Waals surface area contributed by atoms with Crippen LogP contribution in [0.4, 0.5) is 5.69 Å². The average Bonchev–Trinajstić information content (AvgIpc) is 2.60. The standard InChI is InChI=1S/C17H17NO4S/c1-21-14-7-3-4-8-15(14)22-12-17(19)18-10-11-23(20)16-9-5-2-6-13(16)18/h2-9H,10-12H2,1H3. The van der Waals surface area contributed by atoms with Crippen LogP contribution in [0.5, 0.6) is 11.5 Å². The normalized spacial score (nSPS) is 16.6. The average molecular weight is 331 g/mol. The summed E-state index contributed by atoms with van der Waals surface area (Å²) in [7, 11) is 0.504. The van der Waals surface area contributed by atoms with E-state index in [9.17, 15) is 9.00 Å². The van der Waals surface area contributed by atoms with Gasteiger partial charge in [-0.25, -0.2) is 0 Å². The molecule has 2 aromatic rings. The Morgan fingerprint density at radius 2 is 1.83 bits per heavy atom. The van der Waals surface area contributed by atoms with Gasteiger partial charge in [-0.2, -0.15) is 0 Å². The maximum atomic E-state index is 12.5. The zero-order valence-electron chi connectivity index (χ0n) is 12.7. The van der Waals surface area contributed by atoms with Crippen molar-refractivity contribution in [3.63, 3.8) is 0 Å². The van der Waals surface area contributed by atoms with E-state index in [-0.39, 0.29) is 12.5 Å². The van der Waals surface area contributed by atoms with Crippen LogP contribution in [0.2, 0.25) is 0 Å². The Morgan fingerprint density at radius 3 is 2.61 bits per heavy atom. The topological polar surface area (TPSA) is 55.8 Å². The largest absolute Gasteiger partial charge is 0.493 e. The van der Waals surface area contributed by atoms with Crippen molar-refractivity contribution in [2.75, 3.05) is 30.9 Å². The van der Waals surface area contributed by atoms with Gasteiger partial charge in [-0.05, 0) is 24.3 Å². The van der Waals surface area contributed by atoms with Crippen molar-refractivity contribution in [1.29, 1.82) is 0 Å². The quantitative estimate of drug-likeness (QED) is 0.862. The molecule has 0 radical (unpaired) electrons. The number of hydrogen-bond donors (Lipinski definition) is 0. The molecule has 1 atom stereocenters. The third kappa shape index (κ3) is 3.22. The van der Waals surface area contributed by atoms with Crippen molar-refractivity contribution in [3.05, 3.63) is 48.5 Å². The molecule has 0 aliphatic carbocycles. The van der Waals surface area contributed by atoms with Crippen LogP contribution in [0.3, 0.4) is 0 Å². The lowest BCUT2D eigenvalue weighted by Gasteiger charge is -2.28. The molecule has 1 aliphatic rings. The maximum Gasteiger partial charge on any atom is 0.264 e. The second-order valence-electron chi connectivity index (χ2n) is 5.00. The minimum Gasteiger partial charge on any atom is -0.493 e. The Labute approximate surface area is 137 Å². The molecule has 5 nitrogen and oxygen atoms in total. The van der Waals surface area contributed by atoms with E-state index in [0.717, 1.165) is 0 Å². The number of amides is 1. The highest BCUT2D eigenvalue weighted by molar-refractivity contribution is 7.85. The second kappa shape index (κ2) is 6.83. The first-order chi connectivity index (χ1) is 11.2. The summed E-state index contributed by atoms with van der Waals surface area (Å²) in [4.78, 5) is 14.8. The second-order valence-corrected chi connectivity index (χ2v) is 6.54. The van der Waals surface area contributed by atoms with E-state index in [1.54, 1.807) is 30.2 Å². The third-order valence-corrected chi connectivity index (χ3v) is 5.01. The van der Waals surface area contributed by atoms with Crippen molar-refractivity contribution in [2.45, 2.75) is 4.90 Å². The van der Waals surface area contributed by atoms with E-state index in [2.05, 4.69) is 0 Å². The fraction of sp³-hybridized carbons (Fsp3) is 0.235. The summed E-state index contributed by atoms with van der Waals surface area (Å²) >= 11 is 0. The molecular weight excluding hydrogens is 314 g/mol. The highest BCUT2D eigenvalue weighted by atomic mass is 32.2. The van der Waals surface area contributed by atoms with E-state index in [0.29, 0.717) is 34.4 Å². The Balaban J connectivity index is 1.74. The highest BCUT2D eigenvalue weighted by Gasteiger charge is 2.26. The third-order valence-electron chi connectivity index (χ3n) is 3.62. The highest BCUT2D eigenvalue weighted by Crippen LogP contribution is 2.29. The van der Waals surface area contributed by atoms with Gasteiger partial charge >= 0.3 is 0 Å². The van der Waals surface area contributed by atoms with Gasteiger partial charge in [0.1, 0.15) is 0 Å². The van der Waals surface area contributed by atoms with Crippen molar-refractivity contribution in [1.82, 2.24) is 0 Å². The molecule has 3 rings (SSSR count). The monoisotopic (exact) mass is 331 g/mol. The minimum atomic E-state index is -1.05. The molecule has 0 saturated carbocycles. The van der Waals surface area contributed by atoms with E-state index in [1.165, 1.54) is 0 Å². The van der Waals surface area contributed by atoms with Gasteiger partial charge in [0.15, 0.2) is 18.1 Å². The summed E-state index contributed by atoms with van der Waals surface area (Å²) in [5.74, 6) is 1.38. The molecule has 1 heterocycles. The predicted molar refractivity (Wildman–Crippen MR) is 88.6 cm³/mol. The molecule has 0 aromatic heterocycles. The number of fused-ring (bicyclic) bond motifs is 1. The number of carbonyl (C=O) groups excluding carboxylic acids is 1. The summed E-state index contributed by atoms with van der Waals surface area (Å²) < 4.78 is 22.8. The lowest BCUT2D eigenvalue weighted by Crippen LogP contribution is -2.40. The van der Waals surface area contributed by atoms with E-state index < -0.39 is 10.8 Å². The Bertz CT molecular complexity index is 747. The molecule has 0 spiro atoms. The molecular formula is C17H17NO4S. The van der Waals surface area contributed by atoms with Crippen LogP contribution in [0, 0.1) is 0 Å². The van der Waals surface area contributed by atoms with E-state index in [1.807, 2.05) is 30.3 Å². The fourth-order valence-electron chi connectivity index (χ4n) is 2.49. The predicted octanol–water partition coefficient (Wildman–Crippen LogP) is 2.23. The summed E-state index contributed by atoms with van der Waals surface area (Å²) in [6, 6.07) is 14.5. The van der Waals surface area contributed by atoms with Gasteiger partial charge in [0.2, 0.25) is 0 Å². The van der Waals surface area contributed by atoms with Crippen molar-refractivity contribution in [2.24, 2.45) is 0 Å². The number of methoxy groups -OCH3 is 1. The SMILES string of the molecule is COc1ccccc1OCC(=O)N1CCS(=O)c2ccccc21. The summed E-state index contributed by atoms with van der Waals surface area (Å²) in [5.41, 5.74) is 0.700. The molecule has 0 bridgehead atoms. The fourth-order valence-corrected chi connectivity index (χ4v) is 3.70. The Morgan fingerprint density at radius 1 is 1.13 bits per heavy atom. The van der Waals surface area contributed by atoms with Crippen LogP contribution in [0.1, 0.15) is 0 Å². The number of rotatable bonds is 4. The Kier molecular flexibility index (Phi) is 4.62. The summed E-state index contributed by atoms with van der Waals surface area (Å²) in [6.45, 7) is 0.332. The first kappa shape index (κ1) is 15.6. The van der Waals surface area contributed by atoms with Crippen molar-refractivity contribution in [3.8, 4) is 11.5 Å². The van der Waals surface area contributed by atoms with Crippen LogP contribution in [0.15, 0.2) is 53.4 Å². The van der Waals surface area contributed by atoms with E-state index >= 15 is 0 Å². The van der Waals surface area contributed by atoms with E-state index in [4.69, 9.17) is 9.47 Å². The maximum absolute atomic E-state index is 12.5.